The van der Waals surface area contributed by atoms with Gasteiger partial charge in [0.05, 0.1) is 12.7 Å². The van der Waals surface area contributed by atoms with Gasteiger partial charge in [0.1, 0.15) is 0 Å². The number of likely N-dealkylation sites (N-methyl/N-ethyl adjacent to an activating group) is 1. The van der Waals surface area contributed by atoms with Crippen molar-refractivity contribution in [1.82, 2.24) is 5.32 Å². The van der Waals surface area contributed by atoms with E-state index in [1.807, 2.05) is 0 Å². The fourth-order valence-corrected chi connectivity index (χ4v) is 2.15. The van der Waals surface area contributed by atoms with E-state index in [0.29, 0.717) is 6.10 Å². The Morgan fingerprint density at radius 2 is 2.08 bits per heavy atom. The van der Waals surface area contributed by atoms with Crippen LogP contribution in [0.15, 0.2) is 0 Å². The third-order valence-electron chi connectivity index (χ3n) is 3.08. The fourth-order valence-electron chi connectivity index (χ4n) is 2.15. The average molecular weight is 187 g/mol. The van der Waals surface area contributed by atoms with E-state index in [2.05, 4.69) is 12.2 Å². The average Bonchev–Trinajstić information content (AvgIpc) is 2.19. The van der Waals surface area contributed by atoms with Gasteiger partial charge in [-0.3, -0.25) is 0 Å². The maximum atomic E-state index is 9.33. The third-order valence-corrected chi connectivity index (χ3v) is 3.08. The molecule has 78 valence electrons. The second-order valence-electron chi connectivity index (χ2n) is 3.90. The van der Waals surface area contributed by atoms with Crippen LogP contribution in [0.2, 0.25) is 0 Å². The quantitative estimate of drug-likeness (QED) is 0.687. The van der Waals surface area contributed by atoms with Crippen LogP contribution in [0.3, 0.4) is 0 Å². The zero-order chi connectivity index (χ0) is 9.73. The number of nitrogens with one attached hydrogen (secondary N) is 1. The lowest BCUT2D eigenvalue weighted by atomic mass is 9.81. The first-order valence-electron chi connectivity index (χ1n) is 5.15. The third kappa shape index (κ3) is 2.66. The van der Waals surface area contributed by atoms with Crippen molar-refractivity contribution in [3.05, 3.63) is 0 Å². The SMILES string of the molecule is CCNC1(CO)CCC(OC)CC1. The molecule has 0 amide bonds. The van der Waals surface area contributed by atoms with E-state index in [1.165, 1.54) is 0 Å². The van der Waals surface area contributed by atoms with Crippen LogP contribution in [0.25, 0.3) is 0 Å². The van der Waals surface area contributed by atoms with Crippen LogP contribution < -0.4 is 5.32 Å². The highest BCUT2D eigenvalue weighted by Crippen LogP contribution is 2.29. The highest BCUT2D eigenvalue weighted by Gasteiger charge is 2.33. The van der Waals surface area contributed by atoms with Gasteiger partial charge in [-0.15, -0.1) is 0 Å². The number of rotatable bonds is 4. The molecule has 1 rings (SSSR count). The van der Waals surface area contributed by atoms with E-state index in [1.54, 1.807) is 7.11 Å². The van der Waals surface area contributed by atoms with Crippen LogP contribution in [0, 0.1) is 0 Å². The summed E-state index contributed by atoms with van der Waals surface area (Å²) in [5.74, 6) is 0. The molecule has 0 aromatic heterocycles. The standard InChI is InChI=1S/C10H21NO2/c1-3-11-10(8-12)6-4-9(13-2)5-7-10/h9,11-12H,3-8H2,1-2H3. The zero-order valence-corrected chi connectivity index (χ0v) is 8.68. The second kappa shape index (κ2) is 4.94. The van der Waals surface area contributed by atoms with Gasteiger partial charge in [0.25, 0.3) is 0 Å². The van der Waals surface area contributed by atoms with E-state index >= 15 is 0 Å². The first-order chi connectivity index (χ1) is 6.26. The molecule has 0 atom stereocenters. The zero-order valence-electron chi connectivity index (χ0n) is 8.68. The van der Waals surface area contributed by atoms with Gasteiger partial charge in [-0.25, -0.2) is 0 Å². The van der Waals surface area contributed by atoms with Crippen molar-refractivity contribution >= 4 is 0 Å². The summed E-state index contributed by atoms with van der Waals surface area (Å²) in [7, 11) is 1.77. The predicted octanol–water partition coefficient (Wildman–Crippen LogP) is 0.916. The molecule has 0 heterocycles. The summed E-state index contributed by atoms with van der Waals surface area (Å²) in [5.41, 5.74) is -0.0240. The second-order valence-corrected chi connectivity index (χ2v) is 3.90. The Bertz CT molecular complexity index is 142. The summed E-state index contributed by atoms with van der Waals surface area (Å²) in [6, 6.07) is 0. The smallest absolute Gasteiger partial charge is 0.0613 e. The van der Waals surface area contributed by atoms with E-state index in [0.717, 1.165) is 32.2 Å². The molecule has 13 heavy (non-hydrogen) atoms. The lowest BCUT2D eigenvalue weighted by Gasteiger charge is -2.39. The molecule has 0 saturated heterocycles. The van der Waals surface area contributed by atoms with E-state index in [9.17, 15) is 5.11 Å². The number of hydrogen-bond acceptors (Lipinski definition) is 3. The molecule has 1 aliphatic carbocycles. The predicted molar refractivity (Wildman–Crippen MR) is 52.8 cm³/mol. The van der Waals surface area contributed by atoms with Gasteiger partial charge in [-0.2, -0.15) is 0 Å². The number of ether oxygens (including phenoxy) is 1. The van der Waals surface area contributed by atoms with E-state index in [4.69, 9.17) is 4.74 Å². The lowest BCUT2D eigenvalue weighted by Crippen LogP contribution is -2.51. The van der Waals surface area contributed by atoms with Crippen molar-refractivity contribution in [2.24, 2.45) is 0 Å². The Morgan fingerprint density at radius 3 is 2.46 bits per heavy atom. The molecular formula is C10H21NO2. The molecule has 1 saturated carbocycles. The number of methoxy groups -OCH3 is 1. The van der Waals surface area contributed by atoms with Gasteiger partial charge >= 0.3 is 0 Å². The summed E-state index contributed by atoms with van der Waals surface area (Å²) in [5, 5.41) is 12.7. The summed E-state index contributed by atoms with van der Waals surface area (Å²) >= 11 is 0. The van der Waals surface area contributed by atoms with Crippen LogP contribution in [0.4, 0.5) is 0 Å². The molecule has 1 fully saturated rings. The first kappa shape index (κ1) is 11.0. The molecule has 3 heteroatoms. The number of hydrogen-bond donors (Lipinski definition) is 2. The van der Waals surface area contributed by atoms with Crippen molar-refractivity contribution in [2.75, 3.05) is 20.3 Å². The van der Waals surface area contributed by atoms with Gasteiger partial charge in [0.2, 0.25) is 0 Å². The van der Waals surface area contributed by atoms with Crippen molar-refractivity contribution < 1.29 is 9.84 Å². The monoisotopic (exact) mass is 187 g/mol. The fraction of sp³-hybridized carbons (Fsp3) is 1.00. The maximum absolute atomic E-state index is 9.33. The highest BCUT2D eigenvalue weighted by molar-refractivity contribution is 4.92. The minimum atomic E-state index is -0.0240. The maximum Gasteiger partial charge on any atom is 0.0613 e. The van der Waals surface area contributed by atoms with Crippen LogP contribution in [-0.2, 0) is 4.74 Å². The Balaban J connectivity index is 2.42. The Labute approximate surface area is 80.5 Å². The van der Waals surface area contributed by atoms with Gasteiger partial charge in [0.15, 0.2) is 0 Å². The topological polar surface area (TPSA) is 41.5 Å². The van der Waals surface area contributed by atoms with Crippen molar-refractivity contribution in [2.45, 2.75) is 44.2 Å². The van der Waals surface area contributed by atoms with E-state index < -0.39 is 0 Å². The van der Waals surface area contributed by atoms with Crippen molar-refractivity contribution in [3.63, 3.8) is 0 Å². The van der Waals surface area contributed by atoms with Gasteiger partial charge in [0, 0.05) is 12.6 Å². The minimum absolute atomic E-state index is 0.0240. The highest BCUT2D eigenvalue weighted by atomic mass is 16.5. The van der Waals surface area contributed by atoms with E-state index in [-0.39, 0.29) is 12.1 Å². The molecule has 1 aliphatic rings. The summed E-state index contributed by atoms with van der Waals surface area (Å²) in [6.45, 7) is 3.26. The number of aliphatic hydroxyl groups excluding tert-OH is 1. The molecule has 0 radical (unpaired) electrons. The molecule has 3 nitrogen and oxygen atoms in total. The largest absolute Gasteiger partial charge is 0.394 e. The Hall–Kier alpha value is -0.120. The summed E-state index contributed by atoms with van der Waals surface area (Å²) in [6.07, 6.45) is 4.57. The Morgan fingerprint density at radius 1 is 1.46 bits per heavy atom. The first-order valence-corrected chi connectivity index (χ1v) is 5.15. The lowest BCUT2D eigenvalue weighted by molar-refractivity contribution is 0.0239. The summed E-state index contributed by atoms with van der Waals surface area (Å²) < 4.78 is 5.30. The molecule has 0 aromatic rings. The number of aliphatic hydroxyl groups is 1. The molecule has 0 bridgehead atoms. The van der Waals surface area contributed by atoms with Crippen molar-refractivity contribution in [1.29, 1.82) is 0 Å². The van der Waals surface area contributed by atoms with Crippen LogP contribution in [0.5, 0.6) is 0 Å². The van der Waals surface area contributed by atoms with Gasteiger partial charge < -0.3 is 15.2 Å². The molecule has 0 unspecified atom stereocenters. The van der Waals surface area contributed by atoms with Gasteiger partial charge in [-0.1, -0.05) is 6.92 Å². The van der Waals surface area contributed by atoms with Crippen molar-refractivity contribution in [3.8, 4) is 0 Å². The molecule has 0 spiro atoms. The van der Waals surface area contributed by atoms with Gasteiger partial charge in [-0.05, 0) is 32.2 Å². The summed E-state index contributed by atoms with van der Waals surface area (Å²) in [4.78, 5) is 0. The minimum Gasteiger partial charge on any atom is -0.394 e. The molecular weight excluding hydrogens is 166 g/mol. The molecule has 2 N–H and O–H groups in total. The Kier molecular flexibility index (Phi) is 4.16. The van der Waals surface area contributed by atoms with Crippen LogP contribution >= 0.6 is 0 Å². The molecule has 0 aliphatic heterocycles. The normalized spacial score (nSPS) is 34.8. The molecule has 0 aromatic carbocycles. The van der Waals surface area contributed by atoms with Crippen LogP contribution in [-0.4, -0.2) is 37.0 Å². The van der Waals surface area contributed by atoms with Crippen LogP contribution in [0.1, 0.15) is 32.6 Å².